The lowest BCUT2D eigenvalue weighted by Crippen LogP contribution is -2.27. The average molecular weight is 525 g/mol. The van der Waals surface area contributed by atoms with Crippen molar-refractivity contribution < 1.29 is 14.3 Å². The Morgan fingerprint density at radius 1 is 1.19 bits per heavy atom. The van der Waals surface area contributed by atoms with Crippen molar-refractivity contribution >= 4 is 45.7 Å². The molecule has 4 rings (SSSR count). The van der Waals surface area contributed by atoms with Crippen LogP contribution in [0.5, 0.6) is 11.5 Å². The molecule has 0 bridgehead atoms. The molecule has 0 unspecified atom stereocenters. The number of ether oxygens (including phenoxy) is 2. The lowest BCUT2D eigenvalue weighted by atomic mass is 9.72. The highest BCUT2D eigenvalue weighted by atomic mass is 35.5. The van der Waals surface area contributed by atoms with Crippen LogP contribution < -0.4 is 14.8 Å². The molecule has 0 saturated carbocycles. The Morgan fingerprint density at radius 3 is 2.61 bits per heavy atom. The van der Waals surface area contributed by atoms with Crippen LogP contribution in [0.2, 0.25) is 5.02 Å². The van der Waals surface area contributed by atoms with E-state index in [1.807, 2.05) is 37.3 Å². The quantitative estimate of drug-likeness (QED) is 0.319. The molecule has 0 aliphatic heterocycles. The topological polar surface area (TPSA) is 59.9 Å². The van der Waals surface area contributed by atoms with Gasteiger partial charge in [0.2, 0.25) is 0 Å². The number of nitrogens with zero attached hydrogens (tertiary/aromatic N) is 1. The van der Waals surface area contributed by atoms with E-state index in [9.17, 15) is 4.79 Å². The normalized spacial score (nSPS) is 15.6. The molecule has 0 spiro atoms. The number of rotatable bonds is 7. The van der Waals surface area contributed by atoms with Gasteiger partial charge in [-0.3, -0.25) is 4.79 Å². The van der Waals surface area contributed by atoms with Gasteiger partial charge in [-0.05, 0) is 91.1 Å². The van der Waals surface area contributed by atoms with Crippen molar-refractivity contribution in [1.29, 1.82) is 0 Å². The van der Waals surface area contributed by atoms with Crippen LogP contribution in [0.4, 0.5) is 10.7 Å². The van der Waals surface area contributed by atoms with Gasteiger partial charge in [-0.15, -0.1) is 11.3 Å². The van der Waals surface area contributed by atoms with E-state index in [2.05, 4.69) is 26.1 Å². The first-order chi connectivity index (χ1) is 17.2. The highest BCUT2D eigenvalue weighted by Crippen LogP contribution is 2.45. The van der Waals surface area contributed by atoms with Crippen LogP contribution in [0, 0.1) is 11.3 Å². The van der Waals surface area contributed by atoms with Crippen LogP contribution in [0.25, 0.3) is 0 Å². The molecule has 0 fully saturated rings. The van der Waals surface area contributed by atoms with Crippen LogP contribution in [0.1, 0.15) is 60.5 Å². The van der Waals surface area contributed by atoms with Crippen LogP contribution in [-0.4, -0.2) is 25.8 Å². The van der Waals surface area contributed by atoms with Crippen LogP contribution in [-0.2, 0) is 12.8 Å². The molecular formula is C29H33ClN2O3S. The van der Waals surface area contributed by atoms with Gasteiger partial charge < -0.3 is 14.8 Å². The van der Waals surface area contributed by atoms with E-state index in [0.29, 0.717) is 40.3 Å². The number of hydrogen-bond acceptors (Lipinski definition) is 5. The minimum absolute atomic E-state index is 0.138. The van der Waals surface area contributed by atoms with Gasteiger partial charge in [-0.1, -0.05) is 32.4 Å². The predicted molar refractivity (Wildman–Crippen MR) is 150 cm³/mol. The second kappa shape index (κ2) is 11.1. The summed E-state index contributed by atoms with van der Waals surface area (Å²) in [6.07, 6.45) is 4.70. The Bertz CT molecular complexity index is 1260. The summed E-state index contributed by atoms with van der Waals surface area (Å²) < 4.78 is 11.1. The number of fused-ring (bicyclic) bond motifs is 1. The number of halogens is 1. The zero-order chi connectivity index (χ0) is 25.9. The smallest absolute Gasteiger partial charge is 0.259 e. The van der Waals surface area contributed by atoms with Crippen molar-refractivity contribution in [1.82, 2.24) is 0 Å². The number of nitrogens with one attached hydrogen (secondary N) is 1. The summed E-state index contributed by atoms with van der Waals surface area (Å²) >= 11 is 7.65. The van der Waals surface area contributed by atoms with E-state index in [-0.39, 0.29) is 11.3 Å². The van der Waals surface area contributed by atoms with Crippen molar-refractivity contribution in [2.24, 2.45) is 16.3 Å². The maximum Gasteiger partial charge on any atom is 0.259 e. The number of amides is 1. The molecule has 3 aromatic rings. The molecule has 1 N–H and O–H groups in total. The van der Waals surface area contributed by atoms with Gasteiger partial charge in [0.15, 0.2) is 11.5 Å². The van der Waals surface area contributed by atoms with Gasteiger partial charge in [0, 0.05) is 21.8 Å². The van der Waals surface area contributed by atoms with Gasteiger partial charge in [0.1, 0.15) is 5.00 Å². The Kier molecular flexibility index (Phi) is 8.06. The second-order valence-electron chi connectivity index (χ2n) is 10.1. The summed E-state index contributed by atoms with van der Waals surface area (Å²) in [6.45, 7) is 9.38. The fourth-order valence-corrected chi connectivity index (χ4v) is 5.93. The Hall–Kier alpha value is -2.83. The number of carbonyl (C=O) groups excluding carboxylic acids is 1. The van der Waals surface area contributed by atoms with Crippen LogP contribution >= 0.6 is 22.9 Å². The molecule has 1 aromatic heterocycles. The molecule has 2 aromatic carbocycles. The van der Waals surface area contributed by atoms with E-state index >= 15 is 0 Å². The predicted octanol–water partition coefficient (Wildman–Crippen LogP) is 7.96. The summed E-state index contributed by atoms with van der Waals surface area (Å²) in [6, 6.07) is 12.9. The first-order valence-electron chi connectivity index (χ1n) is 12.3. The Labute approximate surface area is 222 Å². The maximum absolute atomic E-state index is 13.5. The summed E-state index contributed by atoms with van der Waals surface area (Å²) in [4.78, 5) is 19.6. The highest BCUT2D eigenvalue weighted by Gasteiger charge is 2.33. The maximum atomic E-state index is 13.5. The molecule has 1 amide bonds. The Morgan fingerprint density at radius 2 is 1.94 bits per heavy atom. The molecule has 1 heterocycles. The molecular weight excluding hydrogens is 492 g/mol. The lowest BCUT2D eigenvalue weighted by molar-refractivity contribution is 0.102. The molecule has 1 aliphatic carbocycles. The molecule has 7 heteroatoms. The number of hydrogen-bond donors (Lipinski definition) is 1. The van der Waals surface area contributed by atoms with Crippen molar-refractivity contribution in [2.45, 2.75) is 47.0 Å². The minimum atomic E-state index is -0.138. The standard InChI is InChI=1S/C29H33ClN2O3S/c1-6-35-23-14-7-18(15-24(23)34-5)17-31-28-26(27(33)32-21-11-9-20(30)10-12-21)22-13-8-19(29(2,3)4)16-25(22)36-28/h7,9-12,14-15,17,19H,6,8,13,16H2,1-5H3,(H,32,33)/t19-/m0/s1. The van der Waals surface area contributed by atoms with Crippen LogP contribution in [0.3, 0.4) is 0 Å². The van der Waals surface area contributed by atoms with E-state index in [1.165, 1.54) is 4.88 Å². The van der Waals surface area contributed by atoms with Crippen LogP contribution in [0.15, 0.2) is 47.5 Å². The average Bonchev–Trinajstić information content (AvgIpc) is 3.22. The van der Waals surface area contributed by atoms with Gasteiger partial charge in [0.05, 0.1) is 19.3 Å². The number of methoxy groups -OCH3 is 1. The van der Waals surface area contributed by atoms with E-state index in [1.54, 1.807) is 36.8 Å². The number of anilines is 1. The lowest BCUT2D eigenvalue weighted by Gasteiger charge is -2.33. The minimum Gasteiger partial charge on any atom is -0.493 e. The molecule has 36 heavy (non-hydrogen) atoms. The number of aliphatic imine (C=N–C) groups is 1. The van der Waals surface area contributed by atoms with E-state index in [0.717, 1.165) is 35.4 Å². The molecule has 190 valence electrons. The summed E-state index contributed by atoms with van der Waals surface area (Å²) in [5.41, 5.74) is 3.60. The second-order valence-corrected chi connectivity index (χ2v) is 11.6. The first kappa shape index (κ1) is 26.2. The van der Waals surface area contributed by atoms with Crippen molar-refractivity contribution in [3.63, 3.8) is 0 Å². The fraction of sp³-hybridized carbons (Fsp3) is 0.379. The molecule has 1 aliphatic rings. The number of benzene rings is 2. The fourth-order valence-electron chi connectivity index (χ4n) is 4.54. The number of thiophene rings is 1. The van der Waals surface area contributed by atoms with Crippen molar-refractivity contribution in [2.75, 3.05) is 19.0 Å². The largest absolute Gasteiger partial charge is 0.493 e. The summed E-state index contributed by atoms with van der Waals surface area (Å²) in [5, 5.41) is 4.40. The monoisotopic (exact) mass is 524 g/mol. The zero-order valence-corrected chi connectivity index (χ0v) is 23.1. The summed E-state index contributed by atoms with van der Waals surface area (Å²) in [5.74, 6) is 1.78. The van der Waals surface area contributed by atoms with E-state index < -0.39 is 0 Å². The van der Waals surface area contributed by atoms with Crippen molar-refractivity contribution in [3.05, 3.63) is 69.1 Å². The van der Waals surface area contributed by atoms with E-state index in [4.69, 9.17) is 26.1 Å². The van der Waals surface area contributed by atoms with Gasteiger partial charge in [0.25, 0.3) is 5.91 Å². The summed E-state index contributed by atoms with van der Waals surface area (Å²) in [7, 11) is 1.62. The molecule has 0 saturated heterocycles. The van der Waals surface area contributed by atoms with Crippen molar-refractivity contribution in [3.8, 4) is 11.5 Å². The third-order valence-corrected chi connectivity index (χ3v) is 8.03. The molecule has 0 radical (unpaired) electrons. The highest BCUT2D eigenvalue weighted by molar-refractivity contribution is 7.16. The Balaban J connectivity index is 1.69. The zero-order valence-electron chi connectivity index (χ0n) is 21.5. The third kappa shape index (κ3) is 5.93. The number of carbonyl (C=O) groups is 1. The molecule has 1 atom stereocenters. The van der Waals surface area contributed by atoms with Gasteiger partial charge in [-0.25, -0.2) is 4.99 Å². The van der Waals surface area contributed by atoms with Gasteiger partial charge >= 0.3 is 0 Å². The first-order valence-corrected chi connectivity index (χ1v) is 13.5. The van der Waals surface area contributed by atoms with Gasteiger partial charge in [-0.2, -0.15) is 0 Å². The SMILES string of the molecule is CCOc1ccc(C=Nc2sc3c(c2C(=O)Nc2ccc(Cl)cc2)CC[C@H](C(C)(C)C)C3)cc1OC. The third-order valence-electron chi connectivity index (χ3n) is 6.62. The molecule has 5 nitrogen and oxygen atoms in total.